The van der Waals surface area contributed by atoms with Crippen molar-refractivity contribution in [3.8, 4) is 0 Å². The Hall–Kier alpha value is -0.120. The van der Waals surface area contributed by atoms with Crippen molar-refractivity contribution in [2.24, 2.45) is 0 Å². The summed E-state index contributed by atoms with van der Waals surface area (Å²) in [5.41, 5.74) is 0.732. The van der Waals surface area contributed by atoms with Crippen molar-refractivity contribution >= 4 is 27.4 Å². The summed E-state index contributed by atoms with van der Waals surface area (Å²) in [6.07, 6.45) is 0.0885. The van der Waals surface area contributed by atoms with E-state index in [9.17, 15) is 21.8 Å². The first-order valence-corrected chi connectivity index (χ1v) is 6.57. The molecule has 4 nitrogen and oxygen atoms in total. The maximum absolute atomic E-state index is 12.7. The van der Waals surface area contributed by atoms with Crippen molar-refractivity contribution in [3.05, 3.63) is 35.9 Å². The maximum atomic E-state index is 12.7. The van der Waals surface area contributed by atoms with Gasteiger partial charge < -0.3 is 9.29 Å². The molecule has 1 rings (SSSR count). The van der Waals surface area contributed by atoms with Crippen molar-refractivity contribution < 1.29 is 56.0 Å². The van der Waals surface area contributed by atoms with Crippen molar-refractivity contribution in [2.45, 2.75) is 11.7 Å². The van der Waals surface area contributed by atoms with Crippen LogP contribution in [0.25, 0.3) is 0 Å². The zero-order valence-electron chi connectivity index (χ0n) is 10.0. The van der Waals surface area contributed by atoms with Gasteiger partial charge in [0.25, 0.3) is 0 Å². The van der Waals surface area contributed by atoms with Crippen molar-refractivity contribution in [3.63, 3.8) is 0 Å². The van der Waals surface area contributed by atoms with Gasteiger partial charge >= 0.3 is 34.8 Å². The summed E-state index contributed by atoms with van der Waals surface area (Å²) in [6, 6.07) is 8.64. The van der Waals surface area contributed by atoms with Gasteiger partial charge in [0, 0.05) is 6.42 Å². The Morgan fingerprint density at radius 3 is 2.32 bits per heavy atom. The second-order valence-electron chi connectivity index (χ2n) is 3.41. The molecule has 0 aliphatic rings. The zero-order chi connectivity index (χ0) is 13.8. The molecule has 1 aromatic rings. The van der Waals surface area contributed by atoms with Gasteiger partial charge in [-0.3, -0.25) is 0 Å². The molecular weight excluding hydrogens is 309 g/mol. The van der Waals surface area contributed by atoms with Gasteiger partial charge in [0.2, 0.25) is 0 Å². The summed E-state index contributed by atoms with van der Waals surface area (Å²) in [5.74, 6) is 0. The summed E-state index contributed by atoms with van der Waals surface area (Å²) in [5, 5.41) is -4.68. The van der Waals surface area contributed by atoms with E-state index in [2.05, 4.69) is 17.0 Å². The maximum Gasteiger partial charge on any atom is 1.00 e. The molecule has 0 heterocycles. The average molecular weight is 318 g/mol. The Bertz CT molecular complexity index is 520. The van der Waals surface area contributed by atoms with Gasteiger partial charge in [0.1, 0.15) is 0 Å². The molecule has 1 aromatic carbocycles. The molecule has 100 valence electrons. The van der Waals surface area contributed by atoms with Crippen molar-refractivity contribution in [1.29, 1.82) is 0 Å². The molecule has 0 aliphatic heterocycles. The Balaban J connectivity index is 0.00000324. The normalized spacial score (nSPS) is 11.5. The van der Waals surface area contributed by atoms with Crippen LogP contribution >= 0.6 is 12.2 Å². The van der Waals surface area contributed by atoms with Gasteiger partial charge in [-0.1, -0.05) is 30.3 Å². The van der Waals surface area contributed by atoms with Gasteiger partial charge in [-0.15, -0.1) is 0 Å². The number of thiocarbonyl (C=S) groups is 1. The van der Waals surface area contributed by atoms with Gasteiger partial charge in [-0.05, 0) is 17.8 Å². The molecule has 0 saturated heterocycles. The van der Waals surface area contributed by atoms with E-state index in [4.69, 9.17) is 0 Å². The van der Waals surface area contributed by atoms with E-state index in [-0.39, 0.29) is 41.0 Å². The minimum absolute atomic E-state index is 0. The first-order chi connectivity index (χ1) is 8.22. The smallest absolute Gasteiger partial charge is 0.743 e. The number of halogens is 2. The van der Waals surface area contributed by atoms with Crippen LogP contribution in [-0.4, -0.2) is 29.9 Å². The second kappa shape index (κ2) is 7.61. The summed E-state index contributed by atoms with van der Waals surface area (Å²) < 4.78 is 60.5. The van der Waals surface area contributed by atoms with E-state index in [1.54, 1.807) is 30.3 Å². The summed E-state index contributed by atoms with van der Waals surface area (Å²) in [4.78, 5) is 0. The summed E-state index contributed by atoms with van der Waals surface area (Å²) in [6.45, 7) is -1.56. The van der Waals surface area contributed by atoms with Gasteiger partial charge in [-0.25, -0.2) is 8.42 Å². The number of rotatable bonds is 5. The molecule has 0 spiro atoms. The number of alkyl halides is 2. The topological polar surface area (TPSA) is 66.4 Å². The van der Waals surface area contributed by atoms with E-state index in [0.29, 0.717) is 0 Å². The molecule has 0 unspecified atom stereocenters. The SMILES string of the molecule is O=S(=O)([O-])C(F)(F)COC(=S)Cc1ccccc1.[Na+]. The number of hydrogen-bond acceptors (Lipinski definition) is 5. The summed E-state index contributed by atoms with van der Waals surface area (Å²) >= 11 is 4.67. The predicted molar refractivity (Wildman–Crippen MR) is 63.3 cm³/mol. The minimum Gasteiger partial charge on any atom is -0.743 e. The number of benzene rings is 1. The van der Waals surface area contributed by atoms with Crippen LogP contribution in [0.4, 0.5) is 8.78 Å². The van der Waals surface area contributed by atoms with Crippen LogP contribution < -0.4 is 29.6 Å². The Labute approximate surface area is 137 Å². The quantitative estimate of drug-likeness (QED) is 0.384. The fourth-order valence-electron chi connectivity index (χ4n) is 1.05. The van der Waals surface area contributed by atoms with Crippen LogP contribution in [-0.2, 0) is 21.3 Å². The van der Waals surface area contributed by atoms with Gasteiger partial charge in [0.15, 0.2) is 21.8 Å². The third-order valence-electron chi connectivity index (χ3n) is 1.96. The second-order valence-corrected chi connectivity index (χ2v) is 5.38. The molecule has 0 N–H and O–H groups in total. The van der Waals surface area contributed by atoms with Gasteiger partial charge in [0.05, 0.1) is 0 Å². The third-order valence-corrected chi connectivity index (χ3v) is 3.07. The Morgan fingerprint density at radius 1 is 1.32 bits per heavy atom. The van der Waals surface area contributed by atoms with Crippen LogP contribution in [0.15, 0.2) is 30.3 Å². The molecule has 0 aromatic heterocycles. The molecule has 9 heteroatoms. The minimum atomic E-state index is -5.74. The molecule has 0 aliphatic carbocycles. The molecule has 19 heavy (non-hydrogen) atoms. The predicted octanol–water partition coefficient (Wildman–Crippen LogP) is -1.28. The van der Waals surface area contributed by atoms with Gasteiger partial charge in [-0.2, -0.15) is 8.78 Å². The molecule has 0 radical (unpaired) electrons. The van der Waals surface area contributed by atoms with Crippen LogP contribution in [0, 0.1) is 0 Å². The van der Waals surface area contributed by atoms with Crippen molar-refractivity contribution in [2.75, 3.05) is 6.61 Å². The molecule has 0 bridgehead atoms. The molecule has 0 amide bonds. The van der Waals surface area contributed by atoms with Crippen LogP contribution in [0.2, 0.25) is 0 Å². The number of ether oxygens (including phenoxy) is 1. The fraction of sp³-hybridized carbons (Fsp3) is 0.300. The number of hydrogen-bond donors (Lipinski definition) is 0. The fourth-order valence-corrected chi connectivity index (χ4v) is 1.48. The van der Waals surface area contributed by atoms with Crippen LogP contribution in [0.3, 0.4) is 0 Å². The van der Waals surface area contributed by atoms with Crippen molar-refractivity contribution in [1.82, 2.24) is 0 Å². The average Bonchev–Trinajstić information content (AvgIpc) is 2.26. The molecule has 0 saturated carbocycles. The zero-order valence-corrected chi connectivity index (χ0v) is 13.6. The van der Waals surface area contributed by atoms with E-state index in [0.717, 1.165) is 5.56 Å². The Kier molecular flexibility index (Phi) is 7.56. The van der Waals surface area contributed by atoms with E-state index < -0.39 is 22.0 Å². The monoisotopic (exact) mass is 318 g/mol. The van der Waals surface area contributed by atoms with E-state index in [1.807, 2.05) is 0 Å². The van der Waals surface area contributed by atoms with E-state index in [1.165, 1.54) is 0 Å². The first kappa shape index (κ1) is 18.9. The molecular formula is C10H9F2NaO4S2. The molecule has 0 fully saturated rings. The largest absolute Gasteiger partial charge is 1.00 e. The Morgan fingerprint density at radius 2 is 1.84 bits per heavy atom. The standard InChI is InChI=1S/C10H10F2O4S2.Na/c11-10(12,18(13,14)15)7-16-9(17)6-8-4-2-1-3-5-8;/h1-5H,6-7H2,(H,13,14,15);/q;+1/p-1. The van der Waals surface area contributed by atoms with Crippen LogP contribution in [0.1, 0.15) is 5.56 Å². The third kappa shape index (κ3) is 6.24. The van der Waals surface area contributed by atoms with E-state index >= 15 is 0 Å². The summed E-state index contributed by atoms with van der Waals surface area (Å²) in [7, 11) is -5.74. The van der Waals surface area contributed by atoms with Crippen LogP contribution in [0.5, 0.6) is 0 Å². The molecule has 0 atom stereocenters. The first-order valence-electron chi connectivity index (χ1n) is 4.75.